The van der Waals surface area contributed by atoms with Crippen molar-refractivity contribution in [2.45, 2.75) is 12.6 Å². The van der Waals surface area contributed by atoms with Crippen LogP contribution >= 0.6 is 0 Å². The van der Waals surface area contributed by atoms with Crippen LogP contribution in [0.15, 0.2) is 24.4 Å². The van der Waals surface area contributed by atoms with Crippen molar-refractivity contribution in [2.75, 3.05) is 24.3 Å². The van der Waals surface area contributed by atoms with Crippen molar-refractivity contribution < 1.29 is 27.5 Å². The second-order valence-electron chi connectivity index (χ2n) is 5.80. The fraction of sp³-hybridized carbons (Fsp3) is 0.235. The molecular formula is C17H13F3N4O3. The van der Waals surface area contributed by atoms with Gasteiger partial charge in [-0.25, -0.2) is 4.79 Å². The summed E-state index contributed by atoms with van der Waals surface area (Å²) in [5.74, 6) is -2.69. The van der Waals surface area contributed by atoms with E-state index in [-0.39, 0.29) is 35.6 Å². The number of halogens is 3. The minimum absolute atomic E-state index is 0.0567. The number of nitrogen functional groups attached to an aromatic ring is 1. The third-order valence-electron chi connectivity index (χ3n) is 4.27. The molecule has 0 radical (unpaired) electrons. The monoisotopic (exact) mass is 378 g/mol. The summed E-state index contributed by atoms with van der Waals surface area (Å²) in [7, 11) is 1.16. The maximum absolute atomic E-state index is 12.7. The molecule has 0 spiro atoms. The molecule has 0 atom stereocenters. The summed E-state index contributed by atoms with van der Waals surface area (Å²) in [5.41, 5.74) is 6.84. The number of rotatable bonds is 2. The minimum Gasteiger partial charge on any atom is -0.464 e. The van der Waals surface area contributed by atoms with Gasteiger partial charge < -0.3 is 19.9 Å². The molecule has 2 aromatic rings. The van der Waals surface area contributed by atoms with Gasteiger partial charge in [0.25, 0.3) is 0 Å². The van der Waals surface area contributed by atoms with E-state index in [4.69, 9.17) is 11.0 Å². The van der Waals surface area contributed by atoms with Crippen LogP contribution in [0.25, 0.3) is 5.69 Å². The van der Waals surface area contributed by atoms with E-state index in [0.717, 1.165) is 7.11 Å². The number of hydrogen-bond acceptors (Lipinski definition) is 5. The summed E-state index contributed by atoms with van der Waals surface area (Å²) in [5, 5.41) is 9.14. The van der Waals surface area contributed by atoms with E-state index in [0.29, 0.717) is 16.2 Å². The first kappa shape index (κ1) is 18.3. The minimum atomic E-state index is -4.96. The van der Waals surface area contributed by atoms with Gasteiger partial charge in [-0.3, -0.25) is 4.79 Å². The van der Waals surface area contributed by atoms with E-state index in [1.807, 2.05) is 6.07 Å². The number of benzene rings is 1. The van der Waals surface area contributed by atoms with Crippen LogP contribution in [0.2, 0.25) is 0 Å². The summed E-state index contributed by atoms with van der Waals surface area (Å²) >= 11 is 0. The van der Waals surface area contributed by atoms with Crippen molar-refractivity contribution in [1.82, 2.24) is 4.57 Å². The zero-order chi connectivity index (χ0) is 19.9. The maximum atomic E-state index is 12.7. The molecule has 7 nitrogen and oxygen atoms in total. The van der Waals surface area contributed by atoms with Crippen molar-refractivity contribution in [1.29, 1.82) is 5.26 Å². The normalized spacial score (nSPS) is 13.2. The van der Waals surface area contributed by atoms with Crippen molar-refractivity contribution in [2.24, 2.45) is 0 Å². The van der Waals surface area contributed by atoms with Gasteiger partial charge in [-0.1, -0.05) is 0 Å². The van der Waals surface area contributed by atoms with Crippen molar-refractivity contribution in [3.8, 4) is 11.8 Å². The Morgan fingerprint density at radius 3 is 2.63 bits per heavy atom. The van der Waals surface area contributed by atoms with Crippen LogP contribution in [0.3, 0.4) is 0 Å². The highest BCUT2D eigenvalue weighted by atomic mass is 19.4. The number of nitrogens with zero attached hydrogens (tertiary/aromatic N) is 3. The average molecular weight is 378 g/mol. The fourth-order valence-corrected chi connectivity index (χ4v) is 3.02. The molecule has 2 N–H and O–H groups in total. The summed E-state index contributed by atoms with van der Waals surface area (Å²) in [4.78, 5) is 24.2. The molecule has 0 saturated carbocycles. The molecule has 1 amide bonds. The molecule has 140 valence electrons. The average Bonchev–Trinajstić information content (AvgIpc) is 3.19. The highest BCUT2D eigenvalue weighted by Crippen LogP contribution is 2.34. The van der Waals surface area contributed by atoms with E-state index >= 15 is 0 Å². The van der Waals surface area contributed by atoms with Gasteiger partial charge in [0.05, 0.1) is 18.4 Å². The molecule has 0 aliphatic carbocycles. The van der Waals surface area contributed by atoms with Crippen LogP contribution in [-0.4, -0.2) is 36.3 Å². The number of alkyl halides is 3. The molecule has 1 aliphatic rings. The number of carbonyl (C=O) groups excluding carboxylic acids is 2. The number of hydrogen-bond donors (Lipinski definition) is 1. The maximum Gasteiger partial charge on any atom is 0.471 e. The lowest BCUT2D eigenvalue weighted by Gasteiger charge is -2.19. The van der Waals surface area contributed by atoms with Crippen LogP contribution < -0.4 is 10.6 Å². The number of anilines is 2. The topological polar surface area (TPSA) is 101 Å². The van der Waals surface area contributed by atoms with Crippen molar-refractivity contribution >= 4 is 23.3 Å². The van der Waals surface area contributed by atoms with Gasteiger partial charge in [0.1, 0.15) is 6.07 Å². The predicted molar refractivity (Wildman–Crippen MR) is 88.3 cm³/mol. The highest BCUT2D eigenvalue weighted by molar-refractivity contribution is 5.99. The van der Waals surface area contributed by atoms with Crippen molar-refractivity contribution in [3.05, 3.63) is 41.2 Å². The molecule has 2 heterocycles. The van der Waals surface area contributed by atoms with Crippen LogP contribution in [0.5, 0.6) is 0 Å². The van der Waals surface area contributed by atoms with E-state index in [1.54, 1.807) is 6.07 Å². The summed E-state index contributed by atoms with van der Waals surface area (Å²) in [6, 6.07) is 6.22. The largest absolute Gasteiger partial charge is 0.471 e. The van der Waals surface area contributed by atoms with Crippen molar-refractivity contribution in [3.63, 3.8) is 0 Å². The zero-order valence-corrected chi connectivity index (χ0v) is 14.0. The quantitative estimate of drug-likeness (QED) is 0.807. The Bertz CT molecular complexity index is 989. The Hall–Kier alpha value is -3.48. The predicted octanol–water partition coefficient (Wildman–Crippen LogP) is 2.17. The summed E-state index contributed by atoms with van der Waals surface area (Å²) < 4.78 is 44.2. The summed E-state index contributed by atoms with van der Waals surface area (Å²) in [6.45, 7) is -0.0990. The van der Waals surface area contributed by atoms with Gasteiger partial charge in [0.15, 0.2) is 5.69 Å². The Morgan fingerprint density at radius 2 is 2.04 bits per heavy atom. The van der Waals surface area contributed by atoms with E-state index in [2.05, 4.69) is 4.74 Å². The molecule has 1 aromatic carbocycles. The number of carbonyl (C=O) groups is 2. The first-order valence-corrected chi connectivity index (χ1v) is 7.70. The van der Waals surface area contributed by atoms with Crippen LogP contribution in [0.4, 0.5) is 24.5 Å². The Morgan fingerprint density at radius 1 is 1.33 bits per heavy atom. The molecule has 0 fully saturated rings. The van der Waals surface area contributed by atoms with Gasteiger partial charge in [0.2, 0.25) is 0 Å². The lowest BCUT2D eigenvalue weighted by Crippen LogP contribution is -2.40. The number of nitriles is 1. The number of methoxy groups -OCH3 is 1. The van der Waals surface area contributed by atoms with Crippen LogP contribution in [0, 0.1) is 11.3 Å². The van der Waals surface area contributed by atoms with Gasteiger partial charge in [0, 0.05) is 24.1 Å². The first-order chi connectivity index (χ1) is 12.7. The lowest BCUT2D eigenvalue weighted by atomic mass is 10.1. The smallest absolute Gasteiger partial charge is 0.464 e. The van der Waals surface area contributed by atoms with Gasteiger partial charge in [-0.05, 0) is 30.2 Å². The number of nitrogens with two attached hydrogens (primary N) is 1. The molecule has 3 rings (SSSR count). The van der Waals surface area contributed by atoms with Crippen LogP contribution in [-0.2, 0) is 16.0 Å². The van der Waals surface area contributed by atoms with Crippen LogP contribution in [0.1, 0.15) is 21.6 Å². The van der Waals surface area contributed by atoms with E-state index < -0.39 is 18.1 Å². The Kier molecular flexibility index (Phi) is 4.31. The highest BCUT2D eigenvalue weighted by Gasteiger charge is 2.44. The third-order valence-corrected chi connectivity index (χ3v) is 4.27. The first-order valence-electron chi connectivity index (χ1n) is 7.70. The van der Waals surface area contributed by atoms with E-state index in [9.17, 15) is 22.8 Å². The Balaban J connectivity index is 2.07. The van der Waals surface area contributed by atoms with E-state index in [1.165, 1.54) is 22.9 Å². The molecular weight excluding hydrogens is 365 g/mol. The third kappa shape index (κ3) is 2.97. The summed E-state index contributed by atoms with van der Waals surface area (Å²) in [6.07, 6.45) is -3.40. The molecule has 0 saturated heterocycles. The second-order valence-corrected chi connectivity index (χ2v) is 5.80. The van der Waals surface area contributed by atoms with Gasteiger partial charge in [-0.15, -0.1) is 0 Å². The zero-order valence-electron chi connectivity index (χ0n) is 14.0. The fourth-order valence-electron chi connectivity index (χ4n) is 3.02. The number of esters is 1. The SMILES string of the molecule is COC(=O)c1c(N)c(C#N)cn1-c1ccc2c(c1)CCN2C(=O)C(F)(F)F. The molecule has 10 heteroatoms. The number of ether oxygens (including phenoxy) is 1. The number of amides is 1. The molecule has 27 heavy (non-hydrogen) atoms. The number of fused-ring (bicyclic) bond motifs is 1. The standard InChI is InChI=1S/C17H13F3N4O3/c1-27-15(25)14-13(22)10(7-21)8-24(14)11-2-3-12-9(6-11)4-5-23(12)16(26)17(18,19)20/h2-3,6,8H,4-5,22H2,1H3. The molecule has 0 unspecified atom stereocenters. The second kappa shape index (κ2) is 6.35. The lowest BCUT2D eigenvalue weighted by molar-refractivity contribution is -0.170. The molecule has 0 bridgehead atoms. The number of aromatic nitrogens is 1. The Labute approximate surface area is 151 Å². The van der Waals surface area contributed by atoms with Gasteiger partial charge in [-0.2, -0.15) is 18.4 Å². The molecule has 1 aromatic heterocycles. The molecule has 1 aliphatic heterocycles. The van der Waals surface area contributed by atoms with Gasteiger partial charge >= 0.3 is 18.1 Å².